The van der Waals surface area contributed by atoms with Crippen molar-refractivity contribution >= 4 is 0 Å². The zero-order valence-corrected chi connectivity index (χ0v) is 10.6. The molecule has 2 atom stereocenters. The first-order valence-electron chi connectivity index (χ1n) is 6.55. The SMILES string of the molecule is CCNC1CCOCC1CCCC(C)C. The summed E-state index contributed by atoms with van der Waals surface area (Å²) in [5.41, 5.74) is 0. The number of hydrogen-bond donors (Lipinski definition) is 1. The normalized spacial score (nSPS) is 27.2. The lowest BCUT2D eigenvalue weighted by Crippen LogP contribution is -2.42. The first-order valence-corrected chi connectivity index (χ1v) is 6.55. The minimum Gasteiger partial charge on any atom is -0.381 e. The third-order valence-electron chi connectivity index (χ3n) is 3.30. The van der Waals surface area contributed by atoms with E-state index < -0.39 is 0 Å². The molecule has 0 aromatic rings. The topological polar surface area (TPSA) is 21.3 Å². The smallest absolute Gasteiger partial charge is 0.0509 e. The first kappa shape index (κ1) is 13.0. The average molecular weight is 213 g/mol. The van der Waals surface area contributed by atoms with Gasteiger partial charge in [-0.15, -0.1) is 0 Å². The Bertz CT molecular complexity index is 157. The van der Waals surface area contributed by atoms with E-state index in [1.807, 2.05) is 0 Å². The summed E-state index contributed by atoms with van der Waals surface area (Å²) < 4.78 is 5.58. The highest BCUT2D eigenvalue weighted by Gasteiger charge is 2.24. The van der Waals surface area contributed by atoms with Gasteiger partial charge in [-0.05, 0) is 31.2 Å². The third-order valence-corrected chi connectivity index (χ3v) is 3.30. The van der Waals surface area contributed by atoms with Gasteiger partial charge in [0.05, 0.1) is 6.61 Å². The summed E-state index contributed by atoms with van der Waals surface area (Å²) in [6.45, 7) is 9.80. The maximum absolute atomic E-state index is 5.58. The fourth-order valence-electron chi connectivity index (χ4n) is 2.40. The van der Waals surface area contributed by atoms with Crippen LogP contribution >= 0.6 is 0 Å². The number of nitrogens with one attached hydrogen (secondary N) is 1. The Morgan fingerprint density at radius 2 is 2.20 bits per heavy atom. The molecule has 1 saturated heterocycles. The van der Waals surface area contributed by atoms with Gasteiger partial charge in [0.2, 0.25) is 0 Å². The molecule has 2 heteroatoms. The maximum atomic E-state index is 5.58. The van der Waals surface area contributed by atoms with E-state index >= 15 is 0 Å². The molecule has 1 aliphatic heterocycles. The fraction of sp³-hybridized carbons (Fsp3) is 1.00. The number of ether oxygens (including phenoxy) is 1. The van der Waals surface area contributed by atoms with Gasteiger partial charge in [0.25, 0.3) is 0 Å². The molecule has 90 valence electrons. The van der Waals surface area contributed by atoms with E-state index in [1.165, 1.54) is 25.7 Å². The van der Waals surface area contributed by atoms with Crippen LogP contribution in [0.4, 0.5) is 0 Å². The molecule has 2 unspecified atom stereocenters. The van der Waals surface area contributed by atoms with Gasteiger partial charge in [-0.1, -0.05) is 33.6 Å². The number of hydrogen-bond acceptors (Lipinski definition) is 2. The van der Waals surface area contributed by atoms with Crippen LogP contribution in [-0.4, -0.2) is 25.8 Å². The zero-order chi connectivity index (χ0) is 11.1. The van der Waals surface area contributed by atoms with E-state index in [0.717, 1.165) is 31.6 Å². The Morgan fingerprint density at radius 3 is 2.87 bits per heavy atom. The lowest BCUT2D eigenvalue weighted by atomic mass is 9.89. The van der Waals surface area contributed by atoms with E-state index in [9.17, 15) is 0 Å². The van der Waals surface area contributed by atoms with Crippen LogP contribution in [0.15, 0.2) is 0 Å². The molecule has 2 nitrogen and oxygen atoms in total. The zero-order valence-electron chi connectivity index (χ0n) is 10.6. The van der Waals surface area contributed by atoms with Gasteiger partial charge in [-0.25, -0.2) is 0 Å². The highest BCUT2D eigenvalue weighted by Crippen LogP contribution is 2.21. The first-order chi connectivity index (χ1) is 7.24. The molecule has 1 N–H and O–H groups in total. The van der Waals surface area contributed by atoms with Gasteiger partial charge in [-0.3, -0.25) is 0 Å². The molecule has 0 aromatic carbocycles. The van der Waals surface area contributed by atoms with Crippen molar-refractivity contribution in [1.29, 1.82) is 0 Å². The highest BCUT2D eigenvalue weighted by molar-refractivity contribution is 4.79. The van der Waals surface area contributed by atoms with Crippen LogP contribution in [-0.2, 0) is 4.74 Å². The molecule has 0 aliphatic carbocycles. The van der Waals surface area contributed by atoms with Gasteiger partial charge < -0.3 is 10.1 Å². The molecule has 1 rings (SSSR count). The minimum absolute atomic E-state index is 0.705. The van der Waals surface area contributed by atoms with Gasteiger partial charge in [0.15, 0.2) is 0 Å². The van der Waals surface area contributed by atoms with Crippen molar-refractivity contribution in [2.75, 3.05) is 19.8 Å². The molecule has 0 spiro atoms. The summed E-state index contributed by atoms with van der Waals surface area (Å²) in [5, 5.41) is 3.59. The second-order valence-corrected chi connectivity index (χ2v) is 5.11. The van der Waals surface area contributed by atoms with E-state index in [1.54, 1.807) is 0 Å². The van der Waals surface area contributed by atoms with Crippen molar-refractivity contribution in [1.82, 2.24) is 5.32 Å². The Morgan fingerprint density at radius 1 is 1.40 bits per heavy atom. The second-order valence-electron chi connectivity index (χ2n) is 5.11. The summed E-state index contributed by atoms with van der Waals surface area (Å²) in [4.78, 5) is 0. The van der Waals surface area contributed by atoms with Crippen LogP contribution < -0.4 is 5.32 Å². The quantitative estimate of drug-likeness (QED) is 0.732. The van der Waals surface area contributed by atoms with Crippen LogP contribution in [0.3, 0.4) is 0 Å². The van der Waals surface area contributed by atoms with Gasteiger partial charge in [0.1, 0.15) is 0 Å². The Balaban J connectivity index is 2.23. The predicted octanol–water partition coefficient (Wildman–Crippen LogP) is 2.83. The van der Waals surface area contributed by atoms with Gasteiger partial charge in [0, 0.05) is 12.6 Å². The molecule has 0 bridgehead atoms. The third kappa shape index (κ3) is 4.98. The maximum Gasteiger partial charge on any atom is 0.0509 e. The average Bonchev–Trinajstić information content (AvgIpc) is 2.20. The van der Waals surface area contributed by atoms with Crippen molar-refractivity contribution in [3.05, 3.63) is 0 Å². The van der Waals surface area contributed by atoms with E-state index in [0.29, 0.717) is 6.04 Å². The fourth-order valence-corrected chi connectivity index (χ4v) is 2.40. The van der Waals surface area contributed by atoms with E-state index in [4.69, 9.17) is 4.74 Å². The van der Waals surface area contributed by atoms with Crippen LogP contribution in [0, 0.1) is 11.8 Å². The predicted molar refractivity (Wildman–Crippen MR) is 65.1 cm³/mol. The molecule has 1 heterocycles. The Kier molecular flexibility index (Phi) is 6.26. The molecule has 0 amide bonds. The lowest BCUT2D eigenvalue weighted by Gasteiger charge is -2.32. The molecule has 15 heavy (non-hydrogen) atoms. The molecule has 0 aromatic heterocycles. The molecule has 1 aliphatic rings. The van der Waals surface area contributed by atoms with E-state index in [-0.39, 0.29) is 0 Å². The van der Waals surface area contributed by atoms with Crippen LogP contribution in [0.5, 0.6) is 0 Å². The summed E-state index contributed by atoms with van der Waals surface area (Å²) >= 11 is 0. The Labute approximate surface area is 94.8 Å². The Hall–Kier alpha value is -0.0800. The van der Waals surface area contributed by atoms with E-state index in [2.05, 4.69) is 26.1 Å². The van der Waals surface area contributed by atoms with Crippen molar-refractivity contribution in [3.8, 4) is 0 Å². The summed E-state index contributed by atoms with van der Waals surface area (Å²) in [6, 6.07) is 0.705. The molecule has 0 saturated carbocycles. The monoisotopic (exact) mass is 213 g/mol. The van der Waals surface area contributed by atoms with Crippen LogP contribution in [0.2, 0.25) is 0 Å². The number of rotatable bonds is 6. The van der Waals surface area contributed by atoms with Gasteiger partial charge in [-0.2, -0.15) is 0 Å². The second kappa shape index (κ2) is 7.24. The van der Waals surface area contributed by atoms with Gasteiger partial charge >= 0.3 is 0 Å². The summed E-state index contributed by atoms with van der Waals surface area (Å²) in [7, 11) is 0. The summed E-state index contributed by atoms with van der Waals surface area (Å²) in [5.74, 6) is 1.59. The largest absolute Gasteiger partial charge is 0.381 e. The minimum atomic E-state index is 0.705. The molecule has 1 fully saturated rings. The standard InChI is InChI=1S/C13H27NO/c1-4-14-13-8-9-15-10-12(13)7-5-6-11(2)3/h11-14H,4-10H2,1-3H3. The van der Waals surface area contributed by atoms with Crippen molar-refractivity contribution in [2.24, 2.45) is 11.8 Å². The van der Waals surface area contributed by atoms with Crippen molar-refractivity contribution in [3.63, 3.8) is 0 Å². The van der Waals surface area contributed by atoms with Crippen LogP contribution in [0.1, 0.15) is 46.5 Å². The van der Waals surface area contributed by atoms with Crippen molar-refractivity contribution < 1.29 is 4.74 Å². The lowest BCUT2D eigenvalue weighted by molar-refractivity contribution is 0.0280. The molecular weight excluding hydrogens is 186 g/mol. The van der Waals surface area contributed by atoms with Crippen LogP contribution in [0.25, 0.3) is 0 Å². The molecular formula is C13H27NO. The highest BCUT2D eigenvalue weighted by atomic mass is 16.5. The van der Waals surface area contributed by atoms with Crippen molar-refractivity contribution in [2.45, 2.75) is 52.5 Å². The molecule has 0 radical (unpaired) electrons. The summed E-state index contributed by atoms with van der Waals surface area (Å²) in [6.07, 6.45) is 5.24.